The second-order valence-corrected chi connectivity index (χ2v) is 6.55. The zero-order valence-corrected chi connectivity index (χ0v) is 17.3. The van der Waals surface area contributed by atoms with E-state index in [2.05, 4.69) is 10.6 Å². The van der Waals surface area contributed by atoms with Crippen LogP contribution in [-0.4, -0.2) is 32.1 Å². The van der Waals surface area contributed by atoms with Crippen LogP contribution in [-0.2, 0) is 4.79 Å². The molecule has 30 heavy (non-hydrogen) atoms. The highest BCUT2D eigenvalue weighted by Crippen LogP contribution is 2.29. The second-order valence-electron chi connectivity index (χ2n) is 6.55. The van der Waals surface area contributed by atoms with Gasteiger partial charge in [-0.3, -0.25) is 9.59 Å². The fraction of sp³-hybridized carbons (Fsp3) is 0.364. The van der Waals surface area contributed by atoms with Gasteiger partial charge in [0.15, 0.2) is 23.1 Å². The van der Waals surface area contributed by atoms with Gasteiger partial charge in [0.2, 0.25) is 5.91 Å². The number of carbonyl (C=O) groups is 2. The van der Waals surface area contributed by atoms with Crippen molar-refractivity contribution in [1.29, 1.82) is 0 Å². The minimum Gasteiger partial charge on any atom is -0.490 e. The normalized spacial score (nSPS) is 11.5. The monoisotopic (exact) mass is 420 g/mol. The van der Waals surface area contributed by atoms with Crippen LogP contribution in [0.3, 0.4) is 0 Å². The summed E-state index contributed by atoms with van der Waals surface area (Å²) in [5.41, 5.74) is 0.355. The first-order valence-corrected chi connectivity index (χ1v) is 9.78. The van der Waals surface area contributed by atoms with Gasteiger partial charge in [-0.2, -0.15) is 0 Å². The van der Waals surface area contributed by atoms with Gasteiger partial charge in [-0.1, -0.05) is 19.9 Å². The zero-order chi connectivity index (χ0) is 22.1. The Hall–Kier alpha value is -3.16. The summed E-state index contributed by atoms with van der Waals surface area (Å²) in [5.74, 6) is -2.35. The molecule has 0 fully saturated rings. The third-order valence-electron chi connectivity index (χ3n) is 4.19. The minimum absolute atomic E-state index is 0.118. The van der Waals surface area contributed by atoms with Crippen molar-refractivity contribution in [1.82, 2.24) is 10.6 Å². The molecule has 0 aliphatic heterocycles. The highest BCUT2D eigenvalue weighted by Gasteiger charge is 2.24. The number of likely N-dealkylation sites (N-methyl/N-ethyl adjacent to an activating group) is 1. The first-order valence-electron chi connectivity index (χ1n) is 9.78. The summed E-state index contributed by atoms with van der Waals surface area (Å²) in [6.45, 7) is 4.89. The fourth-order valence-corrected chi connectivity index (χ4v) is 2.66. The second kappa shape index (κ2) is 11.1. The molecule has 0 aliphatic carbocycles. The van der Waals surface area contributed by atoms with Crippen molar-refractivity contribution < 1.29 is 27.8 Å². The van der Waals surface area contributed by atoms with Crippen LogP contribution in [0.4, 0.5) is 8.78 Å². The molecule has 0 radical (unpaired) electrons. The predicted molar refractivity (Wildman–Crippen MR) is 109 cm³/mol. The topological polar surface area (TPSA) is 76.7 Å². The van der Waals surface area contributed by atoms with E-state index < -0.39 is 29.5 Å². The van der Waals surface area contributed by atoms with E-state index in [0.29, 0.717) is 24.7 Å². The quantitative estimate of drug-likeness (QED) is 0.614. The number of hydrogen-bond donors (Lipinski definition) is 2. The van der Waals surface area contributed by atoms with Crippen molar-refractivity contribution in [2.24, 2.45) is 0 Å². The van der Waals surface area contributed by atoms with Crippen LogP contribution in [0.25, 0.3) is 0 Å². The SMILES string of the molecule is CCCOc1ccc(C(=O)NC(C(=O)NC)c2ccc(F)c(F)c2)cc1OCCC. The van der Waals surface area contributed by atoms with Crippen molar-refractivity contribution >= 4 is 11.8 Å². The van der Waals surface area contributed by atoms with E-state index in [1.807, 2.05) is 13.8 Å². The third kappa shape index (κ3) is 5.92. The molecule has 0 spiro atoms. The maximum Gasteiger partial charge on any atom is 0.252 e. The van der Waals surface area contributed by atoms with Gasteiger partial charge in [0.05, 0.1) is 13.2 Å². The van der Waals surface area contributed by atoms with Crippen LogP contribution < -0.4 is 20.1 Å². The molecule has 6 nitrogen and oxygen atoms in total. The Labute approximate surface area is 174 Å². The van der Waals surface area contributed by atoms with Gasteiger partial charge in [0, 0.05) is 12.6 Å². The Kier molecular flexibility index (Phi) is 8.58. The molecule has 0 bridgehead atoms. The lowest BCUT2D eigenvalue weighted by atomic mass is 10.0. The van der Waals surface area contributed by atoms with Crippen molar-refractivity contribution in [3.05, 3.63) is 59.2 Å². The average molecular weight is 420 g/mol. The van der Waals surface area contributed by atoms with E-state index in [1.54, 1.807) is 12.1 Å². The molecule has 0 saturated carbocycles. The summed E-state index contributed by atoms with van der Waals surface area (Å²) in [6, 6.07) is 6.54. The summed E-state index contributed by atoms with van der Waals surface area (Å²) >= 11 is 0. The molecular weight excluding hydrogens is 394 g/mol. The number of halogens is 2. The van der Waals surface area contributed by atoms with E-state index in [1.165, 1.54) is 19.2 Å². The first-order chi connectivity index (χ1) is 14.4. The molecule has 0 saturated heterocycles. The van der Waals surface area contributed by atoms with E-state index in [9.17, 15) is 18.4 Å². The molecule has 2 amide bonds. The average Bonchev–Trinajstić information content (AvgIpc) is 2.76. The number of carbonyl (C=O) groups excluding carboxylic acids is 2. The number of hydrogen-bond acceptors (Lipinski definition) is 4. The van der Waals surface area contributed by atoms with Crippen LogP contribution in [0.2, 0.25) is 0 Å². The molecule has 2 rings (SSSR count). The maximum absolute atomic E-state index is 13.6. The molecule has 0 heterocycles. The molecule has 2 aromatic rings. The summed E-state index contributed by atoms with van der Waals surface area (Å²) in [5, 5.41) is 4.97. The number of amides is 2. The molecule has 1 atom stereocenters. The van der Waals surface area contributed by atoms with Crippen LogP contribution >= 0.6 is 0 Å². The van der Waals surface area contributed by atoms with E-state index in [-0.39, 0.29) is 11.1 Å². The summed E-state index contributed by atoms with van der Waals surface area (Å²) < 4.78 is 38.2. The number of rotatable bonds is 10. The van der Waals surface area contributed by atoms with Crippen molar-refractivity contribution in [3.63, 3.8) is 0 Å². The lowest BCUT2D eigenvalue weighted by molar-refractivity contribution is -0.122. The Morgan fingerprint density at radius 1 is 0.933 bits per heavy atom. The molecule has 2 aromatic carbocycles. The third-order valence-corrected chi connectivity index (χ3v) is 4.19. The minimum atomic E-state index is -1.20. The van der Waals surface area contributed by atoms with Gasteiger partial charge in [-0.05, 0) is 48.7 Å². The fourth-order valence-electron chi connectivity index (χ4n) is 2.66. The molecule has 8 heteroatoms. The van der Waals surface area contributed by atoms with Crippen molar-refractivity contribution in [2.75, 3.05) is 20.3 Å². The Morgan fingerprint density at radius 2 is 1.60 bits per heavy atom. The summed E-state index contributed by atoms with van der Waals surface area (Å²) in [6.07, 6.45) is 1.59. The van der Waals surface area contributed by atoms with Gasteiger partial charge >= 0.3 is 0 Å². The smallest absolute Gasteiger partial charge is 0.252 e. The largest absolute Gasteiger partial charge is 0.490 e. The predicted octanol–water partition coefficient (Wildman–Crippen LogP) is 3.76. The van der Waals surface area contributed by atoms with E-state index in [4.69, 9.17) is 9.47 Å². The summed E-state index contributed by atoms with van der Waals surface area (Å²) in [7, 11) is 1.39. The van der Waals surface area contributed by atoms with Gasteiger partial charge in [0.25, 0.3) is 5.91 Å². The Balaban J connectivity index is 2.29. The molecule has 0 aromatic heterocycles. The number of ether oxygens (including phenoxy) is 2. The first kappa shape index (κ1) is 23.1. The van der Waals surface area contributed by atoms with Gasteiger partial charge in [0.1, 0.15) is 6.04 Å². The van der Waals surface area contributed by atoms with Gasteiger partial charge < -0.3 is 20.1 Å². The van der Waals surface area contributed by atoms with Crippen molar-refractivity contribution in [2.45, 2.75) is 32.7 Å². The van der Waals surface area contributed by atoms with Crippen LogP contribution in [0.5, 0.6) is 11.5 Å². The maximum atomic E-state index is 13.6. The number of nitrogens with one attached hydrogen (secondary N) is 2. The summed E-state index contributed by atoms with van der Waals surface area (Å²) in [4.78, 5) is 25.1. The number of benzene rings is 2. The molecular formula is C22H26F2N2O4. The highest BCUT2D eigenvalue weighted by molar-refractivity contribution is 5.98. The molecule has 162 valence electrons. The Morgan fingerprint density at radius 3 is 2.20 bits per heavy atom. The van der Waals surface area contributed by atoms with Crippen LogP contribution in [0.1, 0.15) is 48.7 Å². The molecule has 1 unspecified atom stereocenters. The molecule has 2 N–H and O–H groups in total. The highest BCUT2D eigenvalue weighted by atomic mass is 19.2. The lowest BCUT2D eigenvalue weighted by Gasteiger charge is -2.19. The van der Waals surface area contributed by atoms with Crippen molar-refractivity contribution in [3.8, 4) is 11.5 Å². The standard InChI is InChI=1S/C22H26F2N2O4/c1-4-10-29-18-9-7-15(13-19(18)30-11-5-2)21(27)26-20(22(28)25-3)14-6-8-16(23)17(24)12-14/h6-9,12-13,20H,4-5,10-11H2,1-3H3,(H,25,28)(H,26,27). The lowest BCUT2D eigenvalue weighted by Crippen LogP contribution is -2.39. The van der Waals surface area contributed by atoms with Gasteiger partial charge in [-0.15, -0.1) is 0 Å². The Bertz CT molecular complexity index is 889. The van der Waals surface area contributed by atoms with Crippen LogP contribution in [0, 0.1) is 11.6 Å². The van der Waals surface area contributed by atoms with Crippen LogP contribution in [0.15, 0.2) is 36.4 Å². The molecule has 0 aliphatic rings. The van der Waals surface area contributed by atoms with Gasteiger partial charge in [-0.25, -0.2) is 8.78 Å². The van der Waals surface area contributed by atoms with E-state index >= 15 is 0 Å². The van der Waals surface area contributed by atoms with E-state index in [0.717, 1.165) is 25.0 Å². The zero-order valence-electron chi connectivity index (χ0n) is 17.3.